The number of nitrogens with zero attached hydrogens (tertiary/aromatic N) is 7. The molecule has 1 fully saturated rings. The minimum absolute atomic E-state index is 0. The number of anilines is 1. The van der Waals surface area contributed by atoms with E-state index in [4.69, 9.17) is 5.73 Å². The molecule has 1 aliphatic rings. The highest BCUT2D eigenvalue weighted by molar-refractivity contribution is 14.0. The molecule has 2 N–H and O–H groups in total. The molecule has 11 heteroatoms. The number of aromatic nitrogens is 4. The lowest BCUT2D eigenvalue weighted by Gasteiger charge is -2.35. The number of aliphatic imine (C=N–C) groups is 1. The molecule has 24 heavy (non-hydrogen) atoms. The molecule has 3 heterocycles. The maximum absolute atomic E-state index is 6.10. The summed E-state index contributed by atoms with van der Waals surface area (Å²) in [6, 6.07) is 1.82. The highest BCUT2D eigenvalue weighted by Gasteiger charge is 2.19. The second-order valence-electron chi connectivity index (χ2n) is 4.86. The van der Waals surface area contributed by atoms with Crippen LogP contribution in [0.2, 0.25) is 0 Å². The van der Waals surface area contributed by atoms with Gasteiger partial charge in [-0.3, -0.25) is 0 Å². The van der Waals surface area contributed by atoms with Gasteiger partial charge in [0.25, 0.3) is 0 Å². The van der Waals surface area contributed by atoms with E-state index in [1.165, 1.54) is 0 Å². The predicted octanol–water partition coefficient (Wildman–Crippen LogP) is 1.30. The van der Waals surface area contributed by atoms with Gasteiger partial charge in [-0.1, -0.05) is 23.1 Å². The van der Waals surface area contributed by atoms with Crippen LogP contribution in [0.15, 0.2) is 27.8 Å². The molecule has 8 nitrogen and oxygen atoms in total. The third kappa shape index (κ3) is 4.89. The maximum atomic E-state index is 6.10. The third-order valence-corrected chi connectivity index (χ3v) is 5.32. The number of hydrogen-bond donors (Lipinski definition) is 1. The Bertz CT molecular complexity index is 657. The Hall–Kier alpha value is -1.21. The largest absolute Gasteiger partial charge is 0.370 e. The van der Waals surface area contributed by atoms with E-state index in [1.807, 2.05) is 12.3 Å². The lowest BCUT2D eigenvalue weighted by Crippen LogP contribution is -2.51. The van der Waals surface area contributed by atoms with Crippen LogP contribution in [0.5, 0.6) is 0 Å². The van der Waals surface area contributed by atoms with E-state index < -0.39 is 0 Å². The number of halogens is 1. The second kappa shape index (κ2) is 9.32. The fraction of sp³-hybridized carbons (Fsp3) is 0.462. The molecule has 0 atom stereocenters. The lowest BCUT2D eigenvalue weighted by molar-refractivity contribution is 0.378. The zero-order chi connectivity index (χ0) is 16.1. The zero-order valence-corrected chi connectivity index (χ0v) is 17.2. The summed E-state index contributed by atoms with van der Waals surface area (Å²) in [5.74, 6) is 1.32. The quantitative estimate of drug-likeness (QED) is 0.304. The van der Waals surface area contributed by atoms with Crippen LogP contribution in [0, 0.1) is 0 Å². The van der Waals surface area contributed by atoms with Crippen molar-refractivity contribution < 1.29 is 0 Å². The SMILES string of the molecule is CSc1nnc(CN=C(N)N2CCN(c3ncccn3)CC2)s1.I. The first-order chi connectivity index (χ1) is 11.3. The number of hydrogen-bond acceptors (Lipinski definition) is 8. The molecule has 0 saturated carbocycles. The van der Waals surface area contributed by atoms with Crippen molar-refractivity contribution in [2.75, 3.05) is 37.3 Å². The van der Waals surface area contributed by atoms with Gasteiger partial charge in [0.2, 0.25) is 5.95 Å². The van der Waals surface area contributed by atoms with E-state index in [1.54, 1.807) is 35.5 Å². The van der Waals surface area contributed by atoms with Gasteiger partial charge in [0.1, 0.15) is 5.01 Å². The Morgan fingerprint density at radius 2 is 1.96 bits per heavy atom. The smallest absolute Gasteiger partial charge is 0.225 e. The van der Waals surface area contributed by atoms with Gasteiger partial charge in [-0.25, -0.2) is 15.0 Å². The van der Waals surface area contributed by atoms with Crippen molar-refractivity contribution in [1.82, 2.24) is 25.1 Å². The summed E-state index contributed by atoms with van der Waals surface area (Å²) in [7, 11) is 0. The monoisotopic (exact) mass is 478 g/mol. The van der Waals surface area contributed by atoms with Gasteiger partial charge in [-0.05, 0) is 12.3 Å². The van der Waals surface area contributed by atoms with Crippen molar-refractivity contribution >= 4 is 59.0 Å². The van der Waals surface area contributed by atoms with Crippen LogP contribution >= 0.6 is 47.1 Å². The average molecular weight is 478 g/mol. The number of rotatable bonds is 4. The van der Waals surface area contributed by atoms with E-state index >= 15 is 0 Å². The van der Waals surface area contributed by atoms with Gasteiger partial charge >= 0.3 is 0 Å². The average Bonchev–Trinajstić information content (AvgIpc) is 3.09. The molecule has 130 valence electrons. The van der Waals surface area contributed by atoms with E-state index in [0.29, 0.717) is 12.5 Å². The van der Waals surface area contributed by atoms with Crippen LogP contribution in [0.3, 0.4) is 0 Å². The van der Waals surface area contributed by atoms with Crippen molar-refractivity contribution in [2.45, 2.75) is 10.9 Å². The molecular formula is C13H19IN8S2. The van der Waals surface area contributed by atoms with Gasteiger partial charge in [-0.15, -0.1) is 34.2 Å². The highest BCUT2D eigenvalue weighted by Crippen LogP contribution is 2.20. The third-order valence-electron chi connectivity index (χ3n) is 3.44. The number of thioether (sulfide) groups is 1. The minimum atomic E-state index is 0. The van der Waals surface area contributed by atoms with Gasteiger partial charge in [0.05, 0.1) is 6.54 Å². The Balaban J connectivity index is 0.00000208. The summed E-state index contributed by atoms with van der Waals surface area (Å²) in [5.41, 5.74) is 6.10. The summed E-state index contributed by atoms with van der Waals surface area (Å²) in [5, 5.41) is 9.04. The van der Waals surface area contributed by atoms with Gasteiger partial charge in [0, 0.05) is 38.6 Å². The molecular weight excluding hydrogens is 459 g/mol. The molecule has 2 aromatic heterocycles. The van der Waals surface area contributed by atoms with Gasteiger partial charge in [0.15, 0.2) is 10.3 Å². The van der Waals surface area contributed by atoms with Crippen molar-refractivity contribution in [1.29, 1.82) is 0 Å². The molecule has 0 bridgehead atoms. The molecule has 0 spiro atoms. The molecule has 0 radical (unpaired) electrons. The summed E-state index contributed by atoms with van der Waals surface area (Å²) in [6.45, 7) is 3.75. The highest BCUT2D eigenvalue weighted by atomic mass is 127. The molecule has 0 amide bonds. The summed E-state index contributed by atoms with van der Waals surface area (Å²) >= 11 is 3.14. The summed E-state index contributed by atoms with van der Waals surface area (Å²) < 4.78 is 0.949. The van der Waals surface area contributed by atoms with Gasteiger partial charge < -0.3 is 15.5 Å². The maximum Gasteiger partial charge on any atom is 0.225 e. The Labute approximate surface area is 166 Å². The molecule has 1 aliphatic heterocycles. The molecule has 1 saturated heterocycles. The number of guanidine groups is 1. The zero-order valence-electron chi connectivity index (χ0n) is 13.2. The fourth-order valence-electron chi connectivity index (χ4n) is 2.22. The Morgan fingerprint density at radius 3 is 2.58 bits per heavy atom. The van der Waals surface area contributed by atoms with Crippen LogP contribution in [-0.4, -0.2) is 63.5 Å². The van der Waals surface area contributed by atoms with E-state index in [9.17, 15) is 0 Å². The molecule has 2 aromatic rings. The predicted molar refractivity (Wildman–Crippen MR) is 108 cm³/mol. The van der Waals surface area contributed by atoms with E-state index in [0.717, 1.165) is 41.5 Å². The Morgan fingerprint density at radius 1 is 1.25 bits per heavy atom. The molecule has 0 unspecified atom stereocenters. The molecule has 3 rings (SSSR count). The van der Waals surface area contributed by atoms with Crippen molar-refractivity contribution in [3.63, 3.8) is 0 Å². The van der Waals surface area contributed by atoms with Crippen LogP contribution < -0.4 is 10.6 Å². The molecule has 0 aliphatic carbocycles. The van der Waals surface area contributed by atoms with Crippen LogP contribution in [0.25, 0.3) is 0 Å². The van der Waals surface area contributed by atoms with Crippen molar-refractivity contribution in [3.8, 4) is 0 Å². The Kier molecular flexibility index (Phi) is 7.42. The number of nitrogens with two attached hydrogens (primary N) is 1. The van der Waals surface area contributed by atoms with E-state index in [-0.39, 0.29) is 24.0 Å². The summed E-state index contributed by atoms with van der Waals surface area (Å²) in [6.07, 6.45) is 5.50. The van der Waals surface area contributed by atoms with Crippen molar-refractivity contribution in [2.24, 2.45) is 10.7 Å². The first kappa shape index (κ1) is 19.1. The normalized spacial score (nSPS) is 15.3. The standard InChI is InChI=1S/C13H18N8S2.HI/c1-22-13-19-18-10(23-13)9-17-11(14)20-5-7-21(8-6-20)12-15-3-2-4-16-12;/h2-4H,5-9H2,1H3,(H2,14,17);1H. The summed E-state index contributed by atoms with van der Waals surface area (Å²) in [4.78, 5) is 17.2. The number of piperazine rings is 1. The first-order valence-electron chi connectivity index (χ1n) is 7.19. The minimum Gasteiger partial charge on any atom is -0.370 e. The molecule has 0 aromatic carbocycles. The van der Waals surface area contributed by atoms with Crippen LogP contribution in [0.1, 0.15) is 5.01 Å². The van der Waals surface area contributed by atoms with Crippen LogP contribution in [-0.2, 0) is 6.54 Å². The van der Waals surface area contributed by atoms with Crippen molar-refractivity contribution in [3.05, 3.63) is 23.5 Å². The lowest BCUT2D eigenvalue weighted by atomic mass is 10.3. The topological polar surface area (TPSA) is 96.4 Å². The first-order valence-corrected chi connectivity index (χ1v) is 9.23. The second-order valence-corrected chi connectivity index (χ2v) is 6.98. The fourth-order valence-corrected chi connectivity index (χ4v) is 3.46. The van der Waals surface area contributed by atoms with Crippen LogP contribution in [0.4, 0.5) is 5.95 Å². The van der Waals surface area contributed by atoms with Gasteiger partial charge in [-0.2, -0.15) is 0 Å². The van der Waals surface area contributed by atoms with E-state index in [2.05, 4.69) is 35.0 Å².